The van der Waals surface area contributed by atoms with E-state index in [4.69, 9.17) is 33.0 Å². The van der Waals surface area contributed by atoms with Crippen molar-refractivity contribution in [3.63, 3.8) is 0 Å². The van der Waals surface area contributed by atoms with Gasteiger partial charge in [0.15, 0.2) is 0 Å². The van der Waals surface area contributed by atoms with Crippen LogP contribution in [0.5, 0.6) is 0 Å². The highest BCUT2D eigenvalue weighted by Crippen LogP contribution is 2.33. The lowest BCUT2D eigenvalue weighted by molar-refractivity contribution is 0.0592. The van der Waals surface area contributed by atoms with Crippen molar-refractivity contribution >= 4 is 56.8 Å². The number of carbonyl (C=O) groups excluding carboxylic acids is 1. The zero-order chi connectivity index (χ0) is 36.0. The van der Waals surface area contributed by atoms with Gasteiger partial charge in [0.25, 0.3) is 10.0 Å². The van der Waals surface area contributed by atoms with Crippen molar-refractivity contribution in [3.05, 3.63) is 100 Å². The Bertz CT molecular complexity index is 2070. The number of rotatable bonds is 10. The molecule has 0 saturated heterocycles. The average Bonchev–Trinajstić information content (AvgIpc) is 3.72. The number of nitrogens with one attached hydrogen (secondary N) is 3. The van der Waals surface area contributed by atoms with Crippen LogP contribution in [0.1, 0.15) is 54.2 Å². The van der Waals surface area contributed by atoms with Gasteiger partial charge in [-0.3, -0.25) is 0 Å². The van der Waals surface area contributed by atoms with E-state index in [2.05, 4.69) is 25.6 Å². The molecule has 0 amide bonds. The number of hydrogen-bond acceptors (Lipinski definition) is 9. The first-order chi connectivity index (χ1) is 23.1. The van der Waals surface area contributed by atoms with Crippen LogP contribution in [0.15, 0.2) is 78.2 Å². The number of anilines is 2. The average molecular weight is 728 g/mol. The van der Waals surface area contributed by atoms with Crippen molar-refractivity contribution in [2.45, 2.75) is 51.6 Å². The molecule has 5 rings (SSSR count). The molecule has 0 aliphatic rings. The first-order valence-electron chi connectivity index (χ1n) is 15.0. The van der Waals surface area contributed by atoms with E-state index in [0.717, 1.165) is 20.7 Å². The van der Waals surface area contributed by atoms with Crippen LogP contribution in [-0.2, 0) is 14.8 Å². The number of aromatic carboxylic acids is 1. The smallest absolute Gasteiger partial charge is 0.355 e. The number of aromatic amines is 1. The fourth-order valence-electron chi connectivity index (χ4n) is 4.61. The number of methoxy groups -OCH3 is 1. The van der Waals surface area contributed by atoms with Gasteiger partial charge in [0.2, 0.25) is 0 Å². The van der Waals surface area contributed by atoms with Crippen molar-refractivity contribution in [1.29, 1.82) is 0 Å². The summed E-state index contributed by atoms with van der Waals surface area (Å²) in [6, 6.07) is 13.3. The lowest BCUT2D eigenvalue weighted by Crippen LogP contribution is -2.18. The van der Waals surface area contributed by atoms with E-state index >= 15 is 0 Å². The Hall–Kier alpha value is -4.85. The van der Waals surface area contributed by atoms with Crippen LogP contribution in [0.2, 0.25) is 10.0 Å². The highest BCUT2D eigenvalue weighted by atomic mass is 35.5. The van der Waals surface area contributed by atoms with Crippen molar-refractivity contribution < 1.29 is 27.9 Å². The molecule has 0 bridgehead atoms. The normalized spacial score (nSPS) is 11.2. The summed E-state index contributed by atoms with van der Waals surface area (Å²) in [6.07, 6.45) is 6.01. The Kier molecular flexibility index (Phi) is 11.8. The SMILES string of the molecule is CC(C)Nc1cc(-c2c[nH]c(C(=O)O)c2)c(Cl)cn1.COC(=O)c1cc(-c2cc(NC(C)C)ncc2Cl)cn1S(=O)(=O)c1ccc(C)cc1. The molecule has 0 radical (unpaired) electrons. The van der Waals surface area contributed by atoms with Gasteiger partial charge in [-0.25, -0.2) is 31.9 Å². The van der Waals surface area contributed by atoms with Crippen molar-refractivity contribution in [2.75, 3.05) is 17.7 Å². The summed E-state index contributed by atoms with van der Waals surface area (Å²) in [6.45, 7) is 9.81. The molecule has 258 valence electrons. The number of carboxylic acid groups (broad SMARTS) is 1. The first kappa shape index (κ1) is 37.0. The molecule has 15 heteroatoms. The fourth-order valence-corrected chi connectivity index (χ4v) is 6.38. The van der Waals surface area contributed by atoms with Gasteiger partial charge in [-0.05, 0) is 71.0 Å². The predicted octanol–water partition coefficient (Wildman–Crippen LogP) is 7.60. The minimum Gasteiger partial charge on any atom is -0.477 e. The summed E-state index contributed by atoms with van der Waals surface area (Å²) in [5, 5.41) is 16.0. The van der Waals surface area contributed by atoms with E-state index in [9.17, 15) is 18.0 Å². The van der Waals surface area contributed by atoms with Gasteiger partial charge in [0.1, 0.15) is 23.0 Å². The number of H-pyrrole nitrogens is 1. The van der Waals surface area contributed by atoms with E-state index in [-0.39, 0.29) is 28.4 Å². The number of aryl methyl sites for hydroxylation is 1. The number of nitrogens with zero attached hydrogens (tertiary/aromatic N) is 3. The number of pyridine rings is 2. The van der Waals surface area contributed by atoms with Gasteiger partial charge >= 0.3 is 11.9 Å². The number of hydrogen-bond donors (Lipinski definition) is 4. The molecule has 12 nitrogen and oxygen atoms in total. The second kappa shape index (κ2) is 15.6. The largest absolute Gasteiger partial charge is 0.477 e. The third-order valence-electron chi connectivity index (χ3n) is 6.88. The zero-order valence-corrected chi connectivity index (χ0v) is 29.9. The molecule has 0 unspecified atom stereocenters. The molecule has 4 heterocycles. The summed E-state index contributed by atoms with van der Waals surface area (Å²) >= 11 is 12.4. The maximum Gasteiger partial charge on any atom is 0.355 e. The van der Waals surface area contributed by atoms with Gasteiger partial charge in [-0.15, -0.1) is 0 Å². The molecule has 49 heavy (non-hydrogen) atoms. The molecular formula is C34H36Cl2N6O6S. The molecule has 4 aromatic heterocycles. The molecule has 0 spiro atoms. The molecule has 5 aromatic rings. The molecule has 0 aliphatic heterocycles. The second-order valence-electron chi connectivity index (χ2n) is 11.5. The van der Waals surface area contributed by atoms with Crippen LogP contribution in [0.25, 0.3) is 22.3 Å². The Morgan fingerprint density at radius 3 is 1.88 bits per heavy atom. The van der Waals surface area contributed by atoms with E-state index < -0.39 is 22.0 Å². The zero-order valence-electron chi connectivity index (χ0n) is 27.6. The van der Waals surface area contributed by atoms with E-state index in [0.29, 0.717) is 32.8 Å². The standard InChI is InChI=1S/C21H22ClN3O4S.C13H14ClN3O2/c1-13(2)24-20-10-17(18(22)11-23-20)15-9-19(21(26)29-4)25(12-15)30(27,28)16-7-5-14(3)6-8-16;1-7(2)17-12-4-9(10(14)6-16-12)8-3-11(13(18)19)15-5-8/h5-13H,1-4H3,(H,23,24);3-7,15H,1-2H3,(H,16,17)(H,18,19). The van der Waals surface area contributed by atoms with Crippen LogP contribution in [-0.4, -0.2) is 63.6 Å². The summed E-state index contributed by atoms with van der Waals surface area (Å²) in [5.74, 6) is -0.495. The number of aromatic nitrogens is 4. The fraction of sp³-hybridized carbons (Fsp3) is 0.235. The molecule has 0 fully saturated rings. The van der Waals surface area contributed by atoms with Crippen molar-refractivity contribution in [2.24, 2.45) is 0 Å². The monoisotopic (exact) mass is 726 g/mol. The van der Waals surface area contributed by atoms with E-state index in [1.165, 1.54) is 37.7 Å². The Morgan fingerprint density at radius 1 is 0.878 bits per heavy atom. The van der Waals surface area contributed by atoms with Crippen LogP contribution >= 0.6 is 23.2 Å². The molecule has 4 N–H and O–H groups in total. The highest BCUT2D eigenvalue weighted by molar-refractivity contribution is 7.90. The number of ether oxygens (including phenoxy) is 1. The lowest BCUT2D eigenvalue weighted by atomic mass is 10.1. The quantitative estimate of drug-likeness (QED) is 0.105. The maximum atomic E-state index is 13.2. The molecule has 0 saturated carbocycles. The summed E-state index contributed by atoms with van der Waals surface area (Å²) in [5.41, 5.74) is 3.37. The van der Waals surface area contributed by atoms with Crippen LogP contribution in [0.4, 0.5) is 11.6 Å². The van der Waals surface area contributed by atoms with Gasteiger partial charge in [0, 0.05) is 59.1 Å². The van der Waals surface area contributed by atoms with Gasteiger partial charge in [-0.2, -0.15) is 0 Å². The third-order valence-corrected chi connectivity index (χ3v) is 9.17. The Balaban J connectivity index is 0.000000244. The van der Waals surface area contributed by atoms with Crippen LogP contribution in [0.3, 0.4) is 0 Å². The number of esters is 1. The topological polar surface area (TPSA) is 168 Å². The van der Waals surface area contributed by atoms with Gasteiger partial charge in [0.05, 0.1) is 22.1 Å². The lowest BCUT2D eigenvalue weighted by Gasteiger charge is -2.11. The van der Waals surface area contributed by atoms with Gasteiger partial charge in [-0.1, -0.05) is 40.9 Å². The predicted molar refractivity (Wildman–Crippen MR) is 191 cm³/mol. The number of benzene rings is 1. The van der Waals surface area contributed by atoms with Crippen LogP contribution < -0.4 is 10.6 Å². The maximum absolute atomic E-state index is 13.2. The van der Waals surface area contributed by atoms with Gasteiger partial charge < -0.3 is 25.5 Å². The number of carboxylic acids is 1. The number of halogens is 2. The summed E-state index contributed by atoms with van der Waals surface area (Å²) in [4.78, 5) is 34.4. The molecule has 1 aromatic carbocycles. The van der Waals surface area contributed by atoms with E-state index in [1.807, 2.05) is 34.6 Å². The Morgan fingerprint density at radius 2 is 1.41 bits per heavy atom. The molecular weight excluding hydrogens is 691 g/mol. The second-order valence-corrected chi connectivity index (χ2v) is 14.2. The first-order valence-corrected chi connectivity index (χ1v) is 17.2. The number of carbonyl (C=O) groups is 2. The Labute approximate surface area is 294 Å². The highest BCUT2D eigenvalue weighted by Gasteiger charge is 2.26. The summed E-state index contributed by atoms with van der Waals surface area (Å²) in [7, 11) is -2.83. The third kappa shape index (κ3) is 8.99. The molecule has 0 atom stereocenters. The van der Waals surface area contributed by atoms with Crippen LogP contribution in [0, 0.1) is 6.92 Å². The molecule has 0 aliphatic carbocycles. The van der Waals surface area contributed by atoms with Crippen molar-refractivity contribution in [1.82, 2.24) is 18.9 Å². The minimum atomic E-state index is -4.03. The van der Waals surface area contributed by atoms with E-state index in [1.54, 1.807) is 42.7 Å². The van der Waals surface area contributed by atoms with Crippen molar-refractivity contribution in [3.8, 4) is 22.3 Å². The minimum absolute atomic E-state index is 0.0587. The summed E-state index contributed by atoms with van der Waals surface area (Å²) < 4.78 is 32.2.